The molecule has 1 aromatic carbocycles. The van der Waals surface area contributed by atoms with Crippen LogP contribution in [0.15, 0.2) is 30.3 Å². The molecule has 0 bridgehead atoms. The lowest BCUT2D eigenvalue weighted by molar-refractivity contribution is -0.138. The second-order valence-electron chi connectivity index (χ2n) is 5.74. The van der Waals surface area contributed by atoms with Crippen molar-refractivity contribution in [1.29, 1.82) is 0 Å². The number of benzene rings is 1. The quantitative estimate of drug-likeness (QED) is 0.811. The number of carbonyl (C=O) groups excluding carboxylic acids is 1. The van der Waals surface area contributed by atoms with E-state index in [2.05, 4.69) is 0 Å². The van der Waals surface area contributed by atoms with Gasteiger partial charge in [-0.3, -0.25) is 4.79 Å². The Morgan fingerprint density at radius 3 is 2.61 bits per heavy atom. The maximum Gasteiger partial charge on any atom is 0.144 e. The Bertz CT molecular complexity index is 412. The molecule has 0 aromatic heterocycles. The fourth-order valence-corrected chi connectivity index (χ4v) is 3.03. The first-order valence-electron chi connectivity index (χ1n) is 6.83. The highest BCUT2D eigenvalue weighted by Crippen LogP contribution is 2.43. The van der Waals surface area contributed by atoms with E-state index < -0.39 is 11.5 Å². The van der Waals surface area contributed by atoms with Crippen LogP contribution in [0.1, 0.15) is 51.2 Å². The van der Waals surface area contributed by atoms with Gasteiger partial charge < -0.3 is 5.11 Å². The van der Waals surface area contributed by atoms with E-state index in [0.717, 1.165) is 31.2 Å². The van der Waals surface area contributed by atoms with Crippen molar-refractivity contribution in [3.63, 3.8) is 0 Å². The molecule has 3 atom stereocenters. The Hall–Kier alpha value is -1.15. The summed E-state index contributed by atoms with van der Waals surface area (Å²) in [5.41, 5.74) is 0.222. The van der Waals surface area contributed by atoms with E-state index in [1.54, 1.807) is 0 Å². The van der Waals surface area contributed by atoms with E-state index in [1.165, 1.54) is 0 Å². The molecule has 2 rings (SSSR count). The highest BCUT2D eigenvalue weighted by atomic mass is 16.3. The number of ketones is 1. The zero-order valence-electron chi connectivity index (χ0n) is 11.2. The van der Waals surface area contributed by atoms with Gasteiger partial charge in [-0.15, -0.1) is 0 Å². The molecule has 0 radical (unpaired) electrons. The molecule has 98 valence electrons. The molecular formula is C16H22O2. The van der Waals surface area contributed by atoms with E-state index in [1.807, 2.05) is 44.2 Å². The molecule has 0 saturated heterocycles. The van der Waals surface area contributed by atoms with Gasteiger partial charge in [0.05, 0.1) is 11.5 Å². The van der Waals surface area contributed by atoms with Crippen LogP contribution in [0.4, 0.5) is 0 Å². The Morgan fingerprint density at radius 1 is 1.28 bits per heavy atom. The van der Waals surface area contributed by atoms with Crippen molar-refractivity contribution in [3.05, 3.63) is 35.9 Å². The van der Waals surface area contributed by atoms with Crippen molar-refractivity contribution in [2.45, 2.75) is 45.6 Å². The van der Waals surface area contributed by atoms with Crippen LogP contribution >= 0.6 is 0 Å². The van der Waals surface area contributed by atoms with Gasteiger partial charge in [0.25, 0.3) is 0 Å². The van der Waals surface area contributed by atoms with Gasteiger partial charge in [-0.1, -0.05) is 50.1 Å². The summed E-state index contributed by atoms with van der Waals surface area (Å²) in [6.45, 7) is 3.92. The maximum atomic E-state index is 12.5. The Morgan fingerprint density at radius 2 is 1.94 bits per heavy atom. The molecule has 1 aliphatic rings. The van der Waals surface area contributed by atoms with Gasteiger partial charge in [0.2, 0.25) is 0 Å². The highest BCUT2D eigenvalue weighted by molar-refractivity contribution is 5.87. The molecule has 1 saturated carbocycles. The number of aliphatic hydroxyl groups is 1. The molecule has 0 heterocycles. The van der Waals surface area contributed by atoms with E-state index >= 15 is 0 Å². The smallest absolute Gasteiger partial charge is 0.144 e. The van der Waals surface area contributed by atoms with Crippen LogP contribution in [-0.4, -0.2) is 10.9 Å². The van der Waals surface area contributed by atoms with Crippen LogP contribution in [-0.2, 0) is 4.79 Å². The largest absolute Gasteiger partial charge is 0.387 e. The van der Waals surface area contributed by atoms with Crippen molar-refractivity contribution in [2.24, 2.45) is 11.3 Å². The van der Waals surface area contributed by atoms with Gasteiger partial charge in [0, 0.05) is 5.92 Å². The SMILES string of the molecule is CC1CCCCC(C)(C(O)c2ccccc2)C1=O. The monoisotopic (exact) mass is 246 g/mol. The minimum Gasteiger partial charge on any atom is -0.387 e. The van der Waals surface area contributed by atoms with E-state index in [-0.39, 0.29) is 11.7 Å². The predicted octanol–water partition coefficient (Wildman–Crippen LogP) is 3.51. The highest BCUT2D eigenvalue weighted by Gasteiger charge is 2.43. The van der Waals surface area contributed by atoms with Crippen molar-refractivity contribution in [2.75, 3.05) is 0 Å². The molecule has 18 heavy (non-hydrogen) atoms. The van der Waals surface area contributed by atoms with Crippen LogP contribution in [0.2, 0.25) is 0 Å². The summed E-state index contributed by atoms with van der Waals surface area (Å²) >= 11 is 0. The number of aliphatic hydroxyl groups excluding tert-OH is 1. The maximum absolute atomic E-state index is 12.5. The Labute approximate surface area is 109 Å². The summed E-state index contributed by atoms with van der Waals surface area (Å²) in [4.78, 5) is 12.5. The first kappa shape index (κ1) is 13.3. The zero-order chi connectivity index (χ0) is 13.2. The molecule has 0 aliphatic heterocycles. The number of hydrogen-bond acceptors (Lipinski definition) is 2. The fourth-order valence-electron chi connectivity index (χ4n) is 3.03. The third-order valence-corrected chi connectivity index (χ3v) is 4.31. The number of rotatable bonds is 2. The van der Waals surface area contributed by atoms with Gasteiger partial charge in [-0.2, -0.15) is 0 Å². The molecule has 2 nitrogen and oxygen atoms in total. The second-order valence-corrected chi connectivity index (χ2v) is 5.74. The summed E-state index contributed by atoms with van der Waals surface area (Å²) in [6, 6.07) is 9.55. The van der Waals surface area contributed by atoms with Crippen molar-refractivity contribution in [1.82, 2.24) is 0 Å². The molecule has 0 amide bonds. The summed E-state index contributed by atoms with van der Waals surface area (Å²) in [5.74, 6) is 0.284. The van der Waals surface area contributed by atoms with Gasteiger partial charge >= 0.3 is 0 Å². The van der Waals surface area contributed by atoms with Crippen molar-refractivity contribution >= 4 is 5.78 Å². The molecule has 2 heteroatoms. The third kappa shape index (κ3) is 2.35. The minimum absolute atomic E-state index is 0.0656. The van der Waals surface area contributed by atoms with Crippen LogP contribution in [0, 0.1) is 11.3 Å². The number of hydrogen-bond donors (Lipinski definition) is 1. The summed E-state index contributed by atoms with van der Waals surface area (Å²) in [7, 11) is 0. The average Bonchev–Trinajstić information content (AvgIpc) is 2.53. The van der Waals surface area contributed by atoms with Crippen molar-refractivity contribution < 1.29 is 9.90 Å². The van der Waals surface area contributed by atoms with E-state index in [4.69, 9.17) is 0 Å². The molecule has 1 N–H and O–H groups in total. The summed E-state index contributed by atoms with van der Waals surface area (Å²) in [6.07, 6.45) is 3.16. The molecule has 1 aromatic rings. The minimum atomic E-state index is -0.688. The van der Waals surface area contributed by atoms with Crippen LogP contribution < -0.4 is 0 Å². The van der Waals surface area contributed by atoms with E-state index in [0.29, 0.717) is 0 Å². The van der Waals surface area contributed by atoms with Gasteiger partial charge in [-0.05, 0) is 25.3 Å². The summed E-state index contributed by atoms with van der Waals surface area (Å²) < 4.78 is 0. The zero-order valence-corrected chi connectivity index (χ0v) is 11.2. The summed E-state index contributed by atoms with van der Waals surface area (Å²) in [5, 5.41) is 10.6. The number of Topliss-reactive ketones (excluding diaryl/α,β-unsaturated/α-hetero) is 1. The Kier molecular flexibility index (Phi) is 3.86. The lowest BCUT2D eigenvalue weighted by Gasteiger charge is -2.33. The van der Waals surface area contributed by atoms with Crippen molar-refractivity contribution in [3.8, 4) is 0 Å². The lowest BCUT2D eigenvalue weighted by atomic mass is 9.72. The first-order valence-corrected chi connectivity index (χ1v) is 6.83. The normalized spacial score (nSPS) is 30.8. The fraction of sp³-hybridized carbons (Fsp3) is 0.562. The standard InChI is InChI=1S/C16H22O2/c1-12-8-6-7-11-16(2,14(12)17)15(18)13-9-4-3-5-10-13/h3-5,9-10,12,15,18H,6-8,11H2,1-2H3. The molecule has 0 spiro atoms. The Balaban J connectivity index is 2.31. The third-order valence-electron chi connectivity index (χ3n) is 4.31. The van der Waals surface area contributed by atoms with Crippen LogP contribution in [0.5, 0.6) is 0 Å². The topological polar surface area (TPSA) is 37.3 Å². The molecule has 1 fully saturated rings. The molecule has 3 unspecified atom stereocenters. The van der Waals surface area contributed by atoms with Gasteiger partial charge in [0.1, 0.15) is 5.78 Å². The first-order chi connectivity index (χ1) is 8.55. The van der Waals surface area contributed by atoms with Crippen LogP contribution in [0.3, 0.4) is 0 Å². The van der Waals surface area contributed by atoms with Gasteiger partial charge in [-0.25, -0.2) is 0 Å². The van der Waals surface area contributed by atoms with E-state index in [9.17, 15) is 9.90 Å². The second kappa shape index (κ2) is 5.23. The number of carbonyl (C=O) groups is 1. The van der Waals surface area contributed by atoms with Crippen LogP contribution in [0.25, 0.3) is 0 Å². The predicted molar refractivity (Wildman–Crippen MR) is 72.1 cm³/mol. The van der Waals surface area contributed by atoms with Gasteiger partial charge in [0.15, 0.2) is 0 Å². The molecular weight excluding hydrogens is 224 g/mol. The lowest BCUT2D eigenvalue weighted by Crippen LogP contribution is -2.36. The average molecular weight is 246 g/mol. The molecule has 1 aliphatic carbocycles.